The minimum atomic E-state index is -0.503. The second-order valence-electron chi connectivity index (χ2n) is 6.50. The average Bonchev–Trinajstić information content (AvgIpc) is 2.49. The molecule has 0 spiro atoms. The largest absolute Gasteiger partial charge is 0.392 e. The zero-order valence-corrected chi connectivity index (χ0v) is 13.7. The molecule has 0 aromatic rings. The predicted molar refractivity (Wildman–Crippen MR) is 85.7 cm³/mol. The van der Waals surface area contributed by atoms with Crippen LogP contribution in [0.3, 0.4) is 0 Å². The molecular weight excluding hydrogens is 290 g/mol. The van der Waals surface area contributed by atoms with Gasteiger partial charge in [0.2, 0.25) is 0 Å². The molecule has 0 aromatic heterocycles. The maximum absolute atomic E-state index is 10.00. The van der Waals surface area contributed by atoms with Crippen molar-refractivity contribution in [3.63, 3.8) is 0 Å². The molecule has 2 heterocycles. The van der Waals surface area contributed by atoms with Crippen molar-refractivity contribution in [3.8, 4) is 0 Å². The number of aliphatic hydroxyl groups excluding tert-OH is 1. The minimum absolute atomic E-state index is 0.0926. The van der Waals surface area contributed by atoms with Crippen LogP contribution in [0.15, 0.2) is 5.16 Å². The Kier molecular flexibility index (Phi) is 6.74. The van der Waals surface area contributed by atoms with Gasteiger partial charge in [0.25, 0.3) is 0 Å². The van der Waals surface area contributed by atoms with Crippen LogP contribution >= 0.6 is 11.6 Å². The van der Waals surface area contributed by atoms with Gasteiger partial charge in [0.1, 0.15) is 12.7 Å². The summed E-state index contributed by atoms with van der Waals surface area (Å²) in [5.74, 6) is 0. The molecule has 6 heteroatoms. The van der Waals surface area contributed by atoms with E-state index in [2.05, 4.69) is 22.3 Å². The molecule has 1 unspecified atom stereocenters. The molecule has 2 fully saturated rings. The maximum Gasteiger partial charge on any atom is 0.151 e. The van der Waals surface area contributed by atoms with Crippen LogP contribution in [-0.2, 0) is 4.84 Å². The summed E-state index contributed by atoms with van der Waals surface area (Å²) < 4.78 is 0. The Morgan fingerprint density at radius 3 is 2.67 bits per heavy atom. The summed E-state index contributed by atoms with van der Waals surface area (Å²) in [7, 11) is 0. The van der Waals surface area contributed by atoms with Crippen molar-refractivity contribution in [3.05, 3.63) is 0 Å². The van der Waals surface area contributed by atoms with Gasteiger partial charge in [-0.1, -0.05) is 30.1 Å². The van der Waals surface area contributed by atoms with Crippen LogP contribution in [0.2, 0.25) is 0 Å². The van der Waals surface area contributed by atoms with Crippen LogP contribution in [0.25, 0.3) is 0 Å². The van der Waals surface area contributed by atoms with E-state index in [0.717, 1.165) is 39.0 Å². The first-order chi connectivity index (χ1) is 10.1. The van der Waals surface area contributed by atoms with Crippen LogP contribution in [0.4, 0.5) is 0 Å². The lowest BCUT2D eigenvalue weighted by Gasteiger charge is -2.32. The molecule has 0 amide bonds. The van der Waals surface area contributed by atoms with E-state index in [-0.39, 0.29) is 12.0 Å². The molecule has 2 aliphatic heterocycles. The van der Waals surface area contributed by atoms with E-state index < -0.39 is 6.10 Å². The van der Waals surface area contributed by atoms with Crippen molar-refractivity contribution < 1.29 is 9.94 Å². The highest BCUT2D eigenvalue weighted by Crippen LogP contribution is 2.31. The van der Waals surface area contributed by atoms with Gasteiger partial charge < -0.3 is 20.2 Å². The number of nitrogens with zero attached hydrogens (tertiary/aromatic N) is 2. The van der Waals surface area contributed by atoms with Crippen molar-refractivity contribution in [2.45, 2.75) is 45.1 Å². The van der Waals surface area contributed by atoms with Gasteiger partial charge >= 0.3 is 0 Å². The fourth-order valence-corrected chi connectivity index (χ4v) is 3.21. The van der Waals surface area contributed by atoms with Crippen LogP contribution in [-0.4, -0.2) is 60.6 Å². The molecule has 2 rings (SSSR count). The number of likely N-dealkylation sites (tertiary alicyclic amines) is 1. The Bertz CT molecular complexity index is 340. The Morgan fingerprint density at radius 1 is 1.33 bits per heavy atom. The van der Waals surface area contributed by atoms with Gasteiger partial charge in [0, 0.05) is 12.0 Å². The number of hydrogen-bond acceptors (Lipinski definition) is 5. The Hall–Kier alpha value is -0.360. The number of hydrogen-bond donors (Lipinski definition) is 2. The maximum atomic E-state index is 10.00. The first-order valence-corrected chi connectivity index (χ1v) is 8.45. The van der Waals surface area contributed by atoms with Crippen LogP contribution in [0, 0.1) is 5.41 Å². The molecule has 0 aromatic carbocycles. The van der Waals surface area contributed by atoms with E-state index in [1.807, 2.05) is 0 Å². The third-order valence-electron chi connectivity index (χ3n) is 4.53. The fraction of sp³-hybridized carbons (Fsp3) is 0.933. The number of piperidine rings is 2. The summed E-state index contributed by atoms with van der Waals surface area (Å²) in [4.78, 5) is 7.56. The standard InChI is InChI=1S/C15H28ClN3O2/c1-15(5-7-17-8-6-15)14(16)18-21-12-13(20)11-19-9-3-2-4-10-19/h13,17,20H,2-12H2,1H3. The smallest absolute Gasteiger partial charge is 0.151 e. The van der Waals surface area contributed by atoms with E-state index in [4.69, 9.17) is 16.4 Å². The number of nitrogens with one attached hydrogen (secondary N) is 1. The molecule has 0 radical (unpaired) electrons. The van der Waals surface area contributed by atoms with Gasteiger partial charge in [-0.25, -0.2) is 0 Å². The van der Waals surface area contributed by atoms with Crippen LogP contribution in [0.1, 0.15) is 39.0 Å². The monoisotopic (exact) mass is 317 g/mol. The second kappa shape index (κ2) is 8.32. The molecule has 0 bridgehead atoms. The molecule has 2 aliphatic rings. The summed E-state index contributed by atoms with van der Waals surface area (Å²) in [5.41, 5.74) is -0.0926. The average molecular weight is 318 g/mol. The van der Waals surface area contributed by atoms with E-state index in [0.29, 0.717) is 11.7 Å². The summed E-state index contributed by atoms with van der Waals surface area (Å²) in [6, 6.07) is 0. The van der Waals surface area contributed by atoms with Crippen LogP contribution < -0.4 is 5.32 Å². The van der Waals surface area contributed by atoms with E-state index in [9.17, 15) is 5.11 Å². The number of halogens is 1. The number of rotatable bonds is 6. The van der Waals surface area contributed by atoms with E-state index in [1.54, 1.807) is 0 Å². The number of β-amino-alcohol motifs (C(OH)–C–C–N with tert-alkyl or cyclic N) is 1. The Balaban J connectivity index is 1.70. The highest BCUT2D eigenvalue weighted by molar-refractivity contribution is 6.66. The third kappa shape index (κ3) is 5.40. The lowest BCUT2D eigenvalue weighted by Crippen LogP contribution is -2.39. The first kappa shape index (κ1) is 17.0. The molecule has 0 saturated carbocycles. The van der Waals surface area contributed by atoms with Crippen molar-refractivity contribution in [1.82, 2.24) is 10.2 Å². The van der Waals surface area contributed by atoms with Crippen molar-refractivity contribution >= 4 is 16.8 Å². The van der Waals surface area contributed by atoms with Crippen LogP contribution in [0.5, 0.6) is 0 Å². The molecule has 0 aliphatic carbocycles. The summed E-state index contributed by atoms with van der Waals surface area (Å²) >= 11 is 6.28. The molecule has 2 N–H and O–H groups in total. The van der Waals surface area contributed by atoms with Gasteiger partial charge in [-0.3, -0.25) is 0 Å². The molecule has 2 saturated heterocycles. The van der Waals surface area contributed by atoms with E-state index in [1.165, 1.54) is 19.3 Å². The molecule has 21 heavy (non-hydrogen) atoms. The zero-order chi connectivity index (χ0) is 15.1. The van der Waals surface area contributed by atoms with Crippen molar-refractivity contribution in [1.29, 1.82) is 0 Å². The molecule has 5 nitrogen and oxygen atoms in total. The minimum Gasteiger partial charge on any atom is -0.392 e. The molecule has 1 atom stereocenters. The number of oxime groups is 1. The lowest BCUT2D eigenvalue weighted by molar-refractivity contribution is 0.0151. The fourth-order valence-electron chi connectivity index (χ4n) is 2.97. The van der Waals surface area contributed by atoms with Gasteiger partial charge in [0.05, 0.1) is 0 Å². The van der Waals surface area contributed by atoms with Gasteiger partial charge in [-0.05, 0) is 51.9 Å². The topological polar surface area (TPSA) is 57.1 Å². The predicted octanol–water partition coefficient (Wildman–Crippen LogP) is 1.79. The number of aliphatic hydroxyl groups is 1. The first-order valence-electron chi connectivity index (χ1n) is 8.07. The summed E-state index contributed by atoms with van der Waals surface area (Å²) in [5, 5.41) is 17.9. The normalized spacial score (nSPS) is 25.6. The second-order valence-corrected chi connectivity index (χ2v) is 6.86. The lowest BCUT2D eigenvalue weighted by atomic mass is 9.82. The Labute approximate surface area is 132 Å². The van der Waals surface area contributed by atoms with Crippen molar-refractivity contribution in [2.24, 2.45) is 10.6 Å². The van der Waals surface area contributed by atoms with Gasteiger partial charge in [0.15, 0.2) is 5.17 Å². The molecular formula is C15H28ClN3O2. The SMILES string of the molecule is CC1(C(Cl)=NOCC(O)CN2CCCCC2)CCNCC1. The summed E-state index contributed by atoms with van der Waals surface area (Å²) in [6.45, 7) is 7.06. The van der Waals surface area contributed by atoms with E-state index >= 15 is 0 Å². The molecule has 122 valence electrons. The summed E-state index contributed by atoms with van der Waals surface area (Å²) in [6.07, 6.45) is 5.19. The van der Waals surface area contributed by atoms with Gasteiger partial charge in [-0.2, -0.15) is 0 Å². The quantitative estimate of drug-likeness (QED) is 0.579. The van der Waals surface area contributed by atoms with Crippen molar-refractivity contribution in [2.75, 3.05) is 39.3 Å². The Morgan fingerprint density at radius 2 is 2.00 bits per heavy atom. The van der Waals surface area contributed by atoms with Gasteiger partial charge in [-0.15, -0.1) is 0 Å². The zero-order valence-electron chi connectivity index (χ0n) is 13.0. The third-order valence-corrected chi connectivity index (χ3v) is 5.06. The highest BCUT2D eigenvalue weighted by Gasteiger charge is 2.32. The highest BCUT2D eigenvalue weighted by atomic mass is 35.5.